The Morgan fingerprint density at radius 3 is 2.79 bits per heavy atom. The van der Waals surface area contributed by atoms with Gasteiger partial charge in [-0.3, -0.25) is 0 Å². The van der Waals surface area contributed by atoms with E-state index in [2.05, 4.69) is 25.9 Å². The van der Waals surface area contributed by atoms with Crippen LogP contribution in [0.15, 0.2) is 47.3 Å². The first-order valence-corrected chi connectivity index (χ1v) is 12.6. The number of anilines is 1. The molecule has 1 fully saturated rings. The van der Waals surface area contributed by atoms with Crippen molar-refractivity contribution in [1.82, 2.24) is 19.5 Å². The molecule has 11 heteroatoms. The van der Waals surface area contributed by atoms with E-state index >= 15 is 0 Å². The standard InChI is InChI=1S/C23H23BrClN5O3S/c1-23(10-33-13-5-4-12-8-15(24)21(29(2)3)28-16(12)9-13)18(32)17(31)22(34-23)30-7-6-14-19(25)26-11-27-20(14)30/h4-9,11,17-18,22,31-32H,10H2,1-3H3/t17-,18+,22-,23+/m1/s1. The van der Waals surface area contributed by atoms with Gasteiger partial charge in [0.05, 0.1) is 20.1 Å². The second-order valence-electron chi connectivity index (χ2n) is 8.71. The SMILES string of the molecule is CN(C)c1nc2cc(OC[C@]3(C)S[C@@H](n4ccc5c(Cl)ncnc54)[C@H](O)[C@@H]3O)ccc2cc1Br. The van der Waals surface area contributed by atoms with Crippen molar-refractivity contribution in [3.63, 3.8) is 0 Å². The van der Waals surface area contributed by atoms with E-state index in [9.17, 15) is 10.2 Å². The monoisotopic (exact) mass is 563 g/mol. The highest BCUT2D eigenvalue weighted by Crippen LogP contribution is 2.50. The summed E-state index contributed by atoms with van der Waals surface area (Å²) in [6.07, 6.45) is 1.18. The first kappa shape index (κ1) is 23.6. The molecule has 0 bridgehead atoms. The Hall–Kier alpha value is -2.11. The fraction of sp³-hybridized carbons (Fsp3) is 0.348. The minimum Gasteiger partial charge on any atom is -0.492 e. The maximum atomic E-state index is 10.9. The minimum atomic E-state index is -1.01. The number of aromatic nitrogens is 4. The molecule has 34 heavy (non-hydrogen) atoms. The molecule has 1 aliphatic rings. The maximum absolute atomic E-state index is 10.9. The first-order valence-electron chi connectivity index (χ1n) is 10.6. The number of benzene rings is 1. The number of halogens is 2. The lowest BCUT2D eigenvalue weighted by molar-refractivity contribution is -0.00661. The zero-order valence-electron chi connectivity index (χ0n) is 18.7. The van der Waals surface area contributed by atoms with E-state index in [-0.39, 0.29) is 6.61 Å². The molecule has 178 valence electrons. The largest absolute Gasteiger partial charge is 0.492 e. The number of aliphatic hydroxyl groups excluding tert-OH is 2. The summed E-state index contributed by atoms with van der Waals surface area (Å²) in [5.41, 5.74) is 1.42. The molecular weight excluding hydrogens is 542 g/mol. The number of aliphatic hydroxyl groups is 2. The van der Waals surface area contributed by atoms with Crippen LogP contribution in [0.1, 0.15) is 12.3 Å². The zero-order valence-corrected chi connectivity index (χ0v) is 21.8. The van der Waals surface area contributed by atoms with Gasteiger partial charge in [-0.1, -0.05) is 11.6 Å². The Kier molecular flexibility index (Phi) is 6.14. The summed E-state index contributed by atoms with van der Waals surface area (Å²) in [6, 6.07) is 9.56. The third-order valence-corrected chi connectivity index (χ3v) is 8.57. The van der Waals surface area contributed by atoms with Crippen LogP contribution in [-0.2, 0) is 0 Å². The molecule has 1 saturated heterocycles. The van der Waals surface area contributed by atoms with Crippen LogP contribution in [0.5, 0.6) is 5.75 Å². The van der Waals surface area contributed by atoms with Gasteiger partial charge in [0.15, 0.2) is 0 Å². The van der Waals surface area contributed by atoms with E-state index in [0.29, 0.717) is 21.9 Å². The highest BCUT2D eigenvalue weighted by molar-refractivity contribution is 9.10. The van der Waals surface area contributed by atoms with Crippen LogP contribution >= 0.6 is 39.3 Å². The molecular formula is C23H23BrClN5O3S. The maximum Gasteiger partial charge on any atom is 0.145 e. The lowest BCUT2D eigenvalue weighted by Crippen LogP contribution is -2.43. The summed E-state index contributed by atoms with van der Waals surface area (Å²) in [6.45, 7) is 2.09. The third-order valence-electron chi connectivity index (χ3n) is 6.04. The molecule has 3 aromatic heterocycles. The number of hydrogen-bond acceptors (Lipinski definition) is 8. The highest BCUT2D eigenvalue weighted by Gasteiger charge is 2.52. The van der Waals surface area contributed by atoms with Gasteiger partial charge >= 0.3 is 0 Å². The van der Waals surface area contributed by atoms with E-state index in [0.717, 1.165) is 21.2 Å². The number of hydrogen-bond donors (Lipinski definition) is 2. The fourth-order valence-electron chi connectivity index (χ4n) is 4.16. The van der Waals surface area contributed by atoms with Gasteiger partial charge in [0.1, 0.15) is 52.9 Å². The van der Waals surface area contributed by atoms with Gasteiger partial charge in [0.2, 0.25) is 0 Å². The molecule has 0 amide bonds. The van der Waals surface area contributed by atoms with Gasteiger partial charge in [-0.2, -0.15) is 0 Å². The van der Waals surface area contributed by atoms with Crippen LogP contribution in [0.25, 0.3) is 21.9 Å². The Morgan fingerprint density at radius 2 is 2.03 bits per heavy atom. The van der Waals surface area contributed by atoms with Crippen LogP contribution in [-0.4, -0.2) is 67.4 Å². The average molecular weight is 565 g/mol. The summed E-state index contributed by atoms with van der Waals surface area (Å²) in [4.78, 5) is 15.0. The van der Waals surface area contributed by atoms with Crippen molar-refractivity contribution in [2.24, 2.45) is 0 Å². The minimum absolute atomic E-state index is 0.198. The van der Waals surface area contributed by atoms with Crippen molar-refractivity contribution in [2.75, 3.05) is 25.6 Å². The topological polar surface area (TPSA) is 96.5 Å². The van der Waals surface area contributed by atoms with E-state index in [1.807, 2.05) is 60.8 Å². The summed E-state index contributed by atoms with van der Waals surface area (Å²) in [5, 5.41) is 23.4. The van der Waals surface area contributed by atoms with Crippen molar-refractivity contribution >= 4 is 67.0 Å². The lowest BCUT2D eigenvalue weighted by Gasteiger charge is -2.27. The van der Waals surface area contributed by atoms with E-state index < -0.39 is 22.3 Å². The second kappa shape index (κ2) is 8.83. The molecule has 4 aromatic rings. The molecule has 5 rings (SSSR count). The van der Waals surface area contributed by atoms with Crippen LogP contribution in [0.3, 0.4) is 0 Å². The lowest BCUT2D eigenvalue weighted by atomic mass is 10.00. The number of nitrogens with zero attached hydrogens (tertiary/aromatic N) is 5. The molecule has 0 spiro atoms. The number of fused-ring (bicyclic) bond motifs is 2. The third kappa shape index (κ3) is 4.01. The van der Waals surface area contributed by atoms with Crippen molar-refractivity contribution < 1.29 is 14.9 Å². The van der Waals surface area contributed by atoms with Crippen molar-refractivity contribution in [3.8, 4) is 5.75 Å². The molecule has 1 aromatic carbocycles. The molecule has 1 aliphatic heterocycles. The molecule has 2 N–H and O–H groups in total. The first-order chi connectivity index (χ1) is 16.2. The Morgan fingerprint density at radius 1 is 1.24 bits per heavy atom. The molecule has 8 nitrogen and oxygen atoms in total. The second-order valence-corrected chi connectivity index (χ2v) is 11.6. The van der Waals surface area contributed by atoms with Crippen LogP contribution < -0.4 is 9.64 Å². The summed E-state index contributed by atoms with van der Waals surface area (Å²) in [7, 11) is 3.88. The van der Waals surface area contributed by atoms with Crippen molar-refractivity contribution in [2.45, 2.75) is 29.3 Å². The van der Waals surface area contributed by atoms with Gasteiger partial charge in [-0.15, -0.1) is 11.8 Å². The predicted molar refractivity (Wildman–Crippen MR) is 139 cm³/mol. The fourth-order valence-corrected chi connectivity index (χ4v) is 6.57. The molecule has 0 aliphatic carbocycles. The number of ether oxygens (including phenoxy) is 1. The zero-order chi connectivity index (χ0) is 24.2. The van der Waals surface area contributed by atoms with Gasteiger partial charge < -0.3 is 24.4 Å². The van der Waals surface area contributed by atoms with Crippen molar-refractivity contribution in [3.05, 3.63) is 52.5 Å². The van der Waals surface area contributed by atoms with E-state index in [4.69, 9.17) is 21.3 Å². The summed E-state index contributed by atoms with van der Waals surface area (Å²) >= 11 is 11.2. The van der Waals surface area contributed by atoms with Gasteiger partial charge in [0, 0.05) is 31.7 Å². The van der Waals surface area contributed by atoms with Crippen LogP contribution in [0.2, 0.25) is 5.15 Å². The number of thioether (sulfide) groups is 1. The molecule has 4 heterocycles. The van der Waals surface area contributed by atoms with Crippen LogP contribution in [0.4, 0.5) is 5.82 Å². The molecule has 0 unspecified atom stereocenters. The van der Waals surface area contributed by atoms with E-state index in [1.165, 1.54) is 18.1 Å². The van der Waals surface area contributed by atoms with E-state index in [1.54, 1.807) is 6.20 Å². The Labute approximate surface area is 214 Å². The average Bonchev–Trinajstić information content (AvgIpc) is 3.33. The molecule has 0 saturated carbocycles. The number of rotatable bonds is 5. The Balaban J connectivity index is 1.38. The number of pyridine rings is 1. The van der Waals surface area contributed by atoms with Crippen molar-refractivity contribution in [1.29, 1.82) is 0 Å². The summed E-state index contributed by atoms with van der Waals surface area (Å²) < 4.78 is 8.10. The Bertz CT molecular complexity index is 1390. The predicted octanol–water partition coefficient (Wildman–Crippen LogP) is 4.27. The normalized spacial score (nSPS) is 24.7. The quantitative estimate of drug-likeness (QED) is 0.347. The van der Waals surface area contributed by atoms with Crippen LogP contribution in [0, 0.1) is 0 Å². The molecule has 4 atom stereocenters. The smallest absolute Gasteiger partial charge is 0.145 e. The highest BCUT2D eigenvalue weighted by atomic mass is 79.9. The van der Waals surface area contributed by atoms with Gasteiger partial charge in [0.25, 0.3) is 0 Å². The molecule has 0 radical (unpaired) electrons. The van der Waals surface area contributed by atoms with Gasteiger partial charge in [-0.05, 0) is 47.1 Å². The summed E-state index contributed by atoms with van der Waals surface area (Å²) in [5.74, 6) is 1.47. The van der Waals surface area contributed by atoms with Gasteiger partial charge in [-0.25, -0.2) is 15.0 Å².